The molecule has 3 rings (SSSR count). The van der Waals surface area contributed by atoms with Gasteiger partial charge >= 0.3 is 0 Å². The quantitative estimate of drug-likeness (QED) is 0.425. The third-order valence-corrected chi connectivity index (χ3v) is 7.37. The summed E-state index contributed by atoms with van der Waals surface area (Å²) in [5.41, 5.74) is 2.19. The minimum absolute atomic E-state index is 0.0668. The number of methoxy groups -OCH3 is 1. The predicted molar refractivity (Wildman–Crippen MR) is 131 cm³/mol. The maximum atomic E-state index is 13.5. The molecule has 174 valence electrons. The van der Waals surface area contributed by atoms with E-state index in [0.717, 1.165) is 17.1 Å². The van der Waals surface area contributed by atoms with E-state index in [1.807, 2.05) is 30.3 Å². The molecule has 6 nitrogen and oxygen atoms in total. The Bertz CT molecular complexity index is 1180. The Labute approximate surface area is 200 Å². The number of anilines is 1. The summed E-state index contributed by atoms with van der Waals surface area (Å²) in [7, 11) is -2.48. The molecule has 0 spiro atoms. The van der Waals surface area contributed by atoms with Gasteiger partial charge in [-0.15, -0.1) is 0 Å². The predicted octanol–water partition coefficient (Wildman–Crippen LogP) is 4.60. The Morgan fingerprint density at radius 3 is 2.36 bits per heavy atom. The maximum Gasteiger partial charge on any atom is 0.264 e. The van der Waals surface area contributed by atoms with Gasteiger partial charge in [0.25, 0.3) is 10.0 Å². The minimum atomic E-state index is -4.01. The monoisotopic (exact) mass is 486 g/mol. The molecule has 0 saturated heterocycles. The molecular formula is C25H27ClN2O4S. The van der Waals surface area contributed by atoms with Gasteiger partial charge in [0.1, 0.15) is 12.3 Å². The molecule has 0 unspecified atom stereocenters. The molecule has 0 aliphatic heterocycles. The summed E-state index contributed by atoms with van der Waals surface area (Å²) < 4.78 is 33.2. The Morgan fingerprint density at radius 2 is 1.73 bits per heavy atom. The fraction of sp³-hybridized carbons (Fsp3) is 0.240. The normalized spacial score (nSPS) is 11.1. The zero-order chi connectivity index (χ0) is 23.8. The van der Waals surface area contributed by atoms with E-state index in [0.29, 0.717) is 28.6 Å². The maximum absolute atomic E-state index is 13.5. The zero-order valence-electron chi connectivity index (χ0n) is 18.6. The lowest BCUT2D eigenvalue weighted by atomic mass is 10.1. The lowest BCUT2D eigenvalue weighted by Crippen LogP contribution is -2.41. The van der Waals surface area contributed by atoms with Gasteiger partial charge < -0.3 is 10.1 Å². The van der Waals surface area contributed by atoms with E-state index >= 15 is 0 Å². The highest BCUT2D eigenvalue weighted by molar-refractivity contribution is 7.92. The average molecular weight is 487 g/mol. The summed E-state index contributed by atoms with van der Waals surface area (Å²) in [5.74, 6) is 0.205. The highest BCUT2D eigenvalue weighted by Crippen LogP contribution is 2.27. The van der Waals surface area contributed by atoms with Crippen molar-refractivity contribution < 1.29 is 17.9 Å². The van der Waals surface area contributed by atoms with Crippen molar-refractivity contribution in [2.24, 2.45) is 0 Å². The highest BCUT2D eigenvalue weighted by Gasteiger charge is 2.27. The first-order valence-electron chi connectivity index (χ1n) is 10.5. The minimum Gasteiger partial charge on any atom is -0.497 e. The van der Waals surface area contributed by atoms with Crippen LogP contribution in [0.1, 0.15) is 17.5 Å². The lowest BCUT2D eigenvalue weighted by molar-refractivity contribution is -0.119. The molecule has 33 heavy (non-hydrogen) atoms. The summed E-state index contributed by atoms with van der Waals surface area (Å²) in [6, 6.07) is 21.0. The molecule has 0 radical (unpaired) electrons. The number of nitrogens with one attached hydrogen (secondary N) is 1. The van der Waals surface area contributed by atoms with Gasteiger partial charge in [0.15, 0.2) is 0 Å². The van der Waals surface area contributed by atoms with E-state index in [-0.39, 0.29) is 17.3 Å². The molecule has 0 heterocycles. The second-order valence-corrected chi connectivity index (χ2v) is 9.83. The average Bonchev–Trinajstić information content (AvgIpc) is 2.82. The third kappa shape index (κ3) is 6.49. The Kier molecular flexibility index (Phi) is 8.36. The molecular weight excluding hydrogens is 460 g/mol. The van der Waals surface area contributed by atoms with Crippen LogP contribution in [0.3, 0.4) is 0 Å². The van der Waals surface area contributed by atoms with Crippen LogP contribution in [0, 0.1) is 6.92 Å². The van der Waals surface area contributed by atoms with Crippen LogP contribution in [0.25, 0.3) is 0 Å². The van der Waals surface area contributed by atoms with E-state index in [1.165, 1.54) is 24.8 Å². The number of carbonyl (C=O) groups excluding carboxylic acids is 1. The number of aryl methyl sites for hydroxylation is 2. The van der Waals surface area contributed by atoms with Crippen molar-refractivity contribution in [2.45, 2.75) is 24.7 Å². The zero-order valence-corrected chi connectivity index (χ0v) is 20.2. The summed E-state index contributed by atoms with van der Waals surface area (Å²) in [6.07, 6.45) is 1.58. The Balaban J connectivity index is 1.76. The summed E-state index contributed by atoms with van der Waals surface area (Å²) in [4.78, 5) is 12.8. The van der Waals surface area contributed by atoms with Crippen molar-refractivity contribution in [1.82, 2.24) is 5.32 Å². The topological polar surface area (TPSA) is 75.7 Å². The van der Waals surface area contributed by atoms with Crippen molar-refractivity contribution >= 4 is 33.2 Å². The van der Waals surface area contributed by atoms with Gasteiger partial charge in [0.05, 0.1) is 17.7 Å². The van der Waals surface area contributed by atoms with Crippen LogP contribution in [0.2, 0.25) is 5.02 Å². The standard InChI is InChI=1S/C25H27ClN2O4S/c1-19-17-23(14-15-24(19)26)33(30,31)28(21-10-12-22(32-2)13-11-21)18-25(29)27-16-6-9-20-7-4-3-5-8-20/h3-5,7-8,10-15,17H,6,9,16,18H2,1-2H3,(H,27,29). The molecule has 0 aromatic heterocycles. The Hall–Kier alpha value is -3.03. The number of hydrogen-bond acceptors (Lipinski definition) is 4. The van der Waals surface area contributed by atoms with Gasteiger partial charge in [-0.2, -0.15) is 0 Å². The number of sulfonamides is 1. The fourth-order valence-electron chi connectivity index (χ4n) is 3.32. The number of hydrogen-bond donors (Lipinski definition) is 1. The van der Waals surface area contributed by atoms with E-state index in [9.17, 15) is 13.2 Å². The van der Waals surface area contributed by atoms with Crippen molar-refractivity contribution in [3.8, 4) is 5.75 Å². The van der Waals surface area contributed by atoms with E-state index in [4.69, 9.17) is 16.3 Å². The number of amides is 1. The molecule has 0 aliphatic carbocycles. The SMILES string of the molecule is COc1ccc(N(CC(=O)NCCCc2ccccc2)S(=O)(=O)c2ccc(Cl)c(C)c2)cc1. The van der Waals surface area contributed by atoms with Crippen LogP contribution in [0.15, 0.2) is 77.7 Å². The fourth-order valence-corrected chi connectivity index (χ4v) is 4.94. The molecule has 0 bridgehead atoms. The van der Waals surface area contributed by atoms with Gasteiger partial charge in [0.2, 0.25) is 5.91 Å². The number of benzene rings is 3. The number of nitrogens with zero attached hydrogens (tertiary/aromatic N) is 1. The third-order valence-electron chi connectivity index (χ3n) is 5.17. The van der Waals surface area contributed by atoms with Gasteiger partial charge in [-0.1, -0.05) is 41.9 Å². The van der Waals surface area contributed by atoms with Gasteiger partial charge in [-0.05, 0) is 73.4 Å². The number of carbonyl (C=O) groups is 1. The van der Waals surface area contributed by atoms with Gasteiger partial charge in [0, 0.05) is 11.6 Å². The lowest BCUT2D eigenvalue weighted by Gasteiger charge is -2.24. The molecule has 8 heteroatoms. The van der Waals surface area contributed by atoms with Crippen molar-refractivity contribution in [3.63, 3.8) is 0 Å². The first-order chi connectivity index (χ1) is 15.8. The number of ether oxygens (including phenoxy) is 1. The van der Waals surface area contributed by atoms with Crippen LogP contribution in [-0.2, 0) is 21.2 Å². The van der Waals surface area contributed by atoms with Crippen LogP contribution in [0.5, 0.6) is 5.75 Å². The number of halogens is 1. The second kappa shape index (κ2) is 11.2. The van der Waals surface area contributed by atoms with Crippen molar-refractivity contribution in [2.75, 3.05) is 24.5 Å². The molecule has 0 aliphatic rings. The molecule has 0 saturated carbocycles. The van der Waals surface area contributed by atoms with Gasteiger partial charge in [-0.3, -0.25) is 9.10 Å². The van der Waals surface area contributed by atoms with Crippen LogP contribution < -0.4 is 14.4 Å². The first kappa shape index (κ1) is 24.6. The van der Waals surface area contributed by atoms with Gasteiger partial charge in [-0.25, -0.2) is 8.42 Å². The molecule has 3 aromatic rings. The van der Waals surface area contributed by atoms with E-state index < -0.39 is 10.0 Å². The van der Waals surface area contributed by atoms with Crippen molar-refractivity contribution in [3.05, 3.63) is 88.9 Å². The van der Waals surface area contributed by atoms with Crippen LogP contribution >= 0.6 is 11.6 Å². The number of rotatable bonds is 10. The molecule has 0 fully saturated rings. The molecule has 1 amide bonds. The molecule has 3 aromatic carbocycles. The molecule has 0 atom stereocenters. The van der Waals surface area contributed by atoms with Crippen molar-refractivity contribution in [1.29, 1.82) is 0 Å². The van der Waals surface area contributed by atoms with Crippen LogP contribution in [-0.4, -0.2) is 34.5 Å². The summed E-state index contributed by atoms with van der Waals surface area (Å²) >= 11 is 6.07. The largest absolute Gasteiger partial charge is 0.497 e. The highest BCUT2D eigenvalue weighted by atomic mass is 35.5. The van der Waals surface area contributed by atoms with Crippen LogP contribution in [0.4, 0.5) is 5.69 Å². The summed E-state index contributed by atoms with van der Waals surface area (Å²) in [5, 5.41) is 3.30. The summed E-state index contributed by atoms with van der Waals surface area (Å²) in [6.45, 7) is 1.84. The smallest absolute Gasteiger partial charge is 0.264 e. The Morgan fingerprint density at radius 1 is 1.03 bits per heavy atom. The molecule has 1 N–H and O–H groups in total. The first-order valence-corrected chi connectivity index (χ1v) is 12.4. The van der Waals surface area contributed by atoms with E-state index in [1.54, 1.807) is 37.3 Å². The van der Waals surface area contributed by atoms with E-state index in [2.05, 4.69) is 5.32 Å². The second-order valence-electron chi connectivity index (χ2n) is 7.56.